The summed E-state index contributed by atoms with van der Waals surface area (Å²) in [4.78, 5) is 29.4. The maximum Gasteiger partial charge on any atom is 0.356 e. The summed E-state index contributed by atoms with van der Waals surface area (Å²) in [5, 5.41) is 26.2. The van der Waals surface area contributed by atoms with E-state index in [9.17, 15) is 9.59 Å². The van der Waals surface area contributed by atoms with Crippen LogP contribution in [0.1, 0.15) is 32.1 Å². The van der Waals surface area contributed by atoms with E-state index in [2.05, 4.69) is 36.1 Å². The first-order chi connectivity index (χ1) is 14.0. The van der Waals surface area contributed by atoms with Gasteiger partial charge in [-0.05, 0) is 29.8 Å². The van der Waals surface area contributed by atoms with E-state index in [1.165, 1.54) is 16.9 Å². The number of fused-ring (bicyclic) bond motifs is 2. The number of carbonyl (C=O) groups is 2. The van der Waals surface area contributed by atoms with Crippen LogP contribution in [-0.2, 0) is 0 Å². The number of carboxylic acids is 2. The largest absolute Gasteiger partial charge is 0.476 e. The van der Waals surface area contributed by atoms with Crippen LogP contribution >= 0.6 is 50.7 Å². The van der Waals surface area contributed by atoms with E-state index in [4.69, 9.17) is 45.0 Å². The highest BCUT2D eigenvalue weighted by Crippen LogP contribution is 2.27. The van der Waals surface area contributed by atoms with Gasteiger partial charge in [-0.2, -0.15) is 10.2 Å². The van der Waals surface area contributed by atoms with Crippen LogP contribution in [0.25, 0.3) is 11.3 Å². The van der Waals surface area contributed by atoms with Gasteiger partial charge in [-0.1, -0.05) is 34.8 Å². The molecule has 0 aliphatic rings. The third kappa shape index (κ3) is 3.81. The molecule has 0 fully saturated rings. The molecular formula is C16H10BrCl3N6O4. The molecule has 2 N–H and O–H groups in total. The van der Waals surface area contributed by atoms with Gasteiger partial charge >= 0.3 is 11.9 Å². The van der Waals surface area contributed by atoms with E-state index in [1.54, 1.807) is 13.8 Å². The van der Waals surface area contributed by atoms with Crippen molar-refractivity contribution >= 4 is 74.0 Å². The SMILES string of the molecule is Cc1c(Cl)nn2c(C(=O)O)cnc2c1Br.Cc1c(Cl)nn2c(C(=O)O)cnc2c1Cl. The molecular weight excluding hydrogens is 526 g/mol. The summed E-state index contributed by atoms with van der Waals surface area (Å²) in [6, 6.07) is 0. The fraction of sp³-hybridized carbons (Fsp3) is 0.125. The van der Waals surface area contributed by atoms with E-state index in [0.29, 0.717) is 20.7 Å². The zero-order valence-corrected chi connectivity index (χ0v) is 18.9. The van der Waals surface area contributed by atoms with Gasteiger partial charge in [0.15, 0.2) is 33.0 Å². The van der Waals surface area contributed by atoms with Crippen LogP contribution in [-0.4, -0.2) is 51.3 Å². The number of halogens is 4. The molecule has 0 amide bonds. The molecule has 0 saturated carbocycles. The van der Waals surface area contributed by atoms with E-state index < -0.39 is 11.9 Å². The van der Waals surface area contributed by atoms with Crippen molar-refractivity contribution in [3.8, 4) is 0 Å². The molecule has 0 spiro atoms. The Morgan fingerprint density at radius 3 is 1.80 bits per heavy atom. The van der Waals surface area contributed by atoms with Crippen LogP contribution < -0.4 is 0 Å². The number of carboxylic acid groups (broad SMARTS) is 2. The topological polar surface area (TPSA) is 135 Å². The van der Waals surface area contributed by atoms with Crippen molar-refractivity contribution in [2.24, 2.45) is 0 Å². The Morgan fingerprint density at radius 1 is 0.867 bits per heavy atom. The lowest BCUT2D eigenvalue weighted by Crippen LogP contribution is -2.05. The van der Waals surface area contributed by atoms with E-state index >= 15 is 0 Å². The third-order valence-electron chi connectivity index (χ3n) is 3.96. The summed E-state index contributed by atoms with van der Waals surface area (Å²) in [6.45, 7) is 3.46. The summed E-state index contributed by atoms with van der Waals surface area (Å²) in [5.41, 5.74) is 1.94. The van der Waals surface area contributed by atoms with E-state index in [1.807, 2.05) is 0 Å². The maximum absolute atomic E-state index is 10.8. The number of aromatic nitrogens is 6. The van der Waals surface area contributed by atoms with Gasteiger partial charge in [0.2, 0.25) is 0 Å². The van der Waals surface area contributed by atoms with Crippen LogP contribution in [0.4, 0.5) is 0 Å². The zero-order chi connectivity index (χ0) is 22.3. The molecule has 10 nitrogen and oxygen atoms in total. The highest BCUT2D eigenvalue weighted by atomic mass is 79.9. The average molecular weight is 537 g/mol. The van der Waals surface area contributed by atoms with Crippen molar-refractivity contribution in [1.82, 2.24) is 29.2 Å². The normalized spacial score (nSPS) is 10.9. The van der Waals surface area contributed by atoms with Crippen molar-refractivity contribution in [2.45, 2.75) is 13.8 Å². The van der Waals surface area contributed by atoms with Crippen molar-refractivity contribution in [3.05, 3.63) is 54.7 Å². The van der Waals surface area contributed by atoms with Crippen molar-refractivity contribution in [1.29, 1.82) is 0 Å². The predicted octanol–water partition coefficient (Wildman–Crippen LogP) is 4.19. The first-order valence-corrected chi connectivity index (χ1v) is 9.82. The third-order valence-corrected chi connectivity index (χ3v) is 6.08. The number of rotatable bonds is 2. The molecule has 4 aromatic heterocycles. The molecule has 14 heteroatoms. The minimum Gasteiger partial charge on any atom is -0.476 e. The lowest BCUT2D eigenvalue weighted by molar-refractivity contribution is 0.0677. The predicted molar refractivity (Wildman–Crippen MR) is 112 cm³/mol. The summed E-state index contributed by atoms with van der Waals surface area (Å²) in [6.07, 6.45) is 2.43. The Balaban J connectivity index is 0.000000171. The molecule has 0 radical (unpaired) electrons. The van der Waals surface area contributed by atoms with Gasteiger partial charge in [-0.15, -0.1) is 0 Å². The number of aromatic carboxylic acids is 2. The quantitative estimate of drug-likeness (QED) is 0.389. The fourth-order valence-electron chi connectivity index (χ4n) is 2.33. The summed E-state index contributed by atoms with van der Waals surface area (Å²) in [5.74, 6) is -2.23. The van der Waals surface area contributed by atoms with Gasteiger partial charge in [0, 0.05) is 11.1 Å². The Kier molecular flexibility index (Phi) is 6.18. The van der Waals surface area contributed by atoms with Crippen molar-refractivity contribution in [2.75, 3.05) is 0 Å². The molecule has 0 aromatic carbocycles. The van der Waals surface area contributed by atoms with E-state index in [-0.39, 0.29) is 27.3 Å². The highest BCUT2D eigenvalue weighted by Gasteiger charge is 2.17. The monoisotopic (exact) mass is 534 g/mol. The first kappa shape index (κ1) is 22.2. The Bertz CT molecular complexity index is 1230. The van der Waals surface area contributed by atoms with Crippen LogP contribution in [0.2, 0.25) is 15.3 Å². The Morgan fingerprint density at radius 2 is 1.30 bits per heavy atom. The van der Waals surface area contributed by atoms with Crippen LogP contribution in [0, 0.1) is 13.8 Å². The minimum atomic E-state index is -1.13. The van der Waals surface area contributed by atoms with E-state index in [0.717, 1.165) is 10.1 Å². The second-order valence-electron chi connectivity index (χ2n) is 5.83. The standard InChI is InChI=1S/C8H5BrClN3O2.C8H5Cl2N3O2/c2*1-3-5(9)7-11-2-4(8(14)15)13(7)12-6(3)10/h2*2H,1H3,(H,14,15). The lowest BCUT2D eigenvalue weighted by atomic mass is 10.3. The first-order valence-electron chi connectivity index (χ1n) is 7.89. The van der Waals surface area contributed by atoms with Gasteiger partial charge < -0.3 is 10.2 Å². The van der Waals surface area contributed by atoms with Gasteiger partial charge in [0.25, 0.3) is 0 Å². The number of hydrogen-bond acceptors (Lipinski definition) is 6. The smallest absolute Gasteiger partial charge is 0.356 e. The van der Waals surface area contributed by atoms with Crippen LogP contribution in [0.5, 0.6) is 0 Å². The molecule has 0 aliphatic heterocycles. The van der Waals surface area contributed by atoms with Crippen LogP contribution in [0.15, 0.2) is 16.9 Å². The molecule has 0 bridgehead atoms. The molecule has 0 unspecified atom stereocenters. The van der Waals surface area contributed by atoms with Crippen LogP contribution in [0.3, 0.4) is 0 Å². The van der Waals surface area contributed by atoms with Crippen molar-refractivity contribution in [3.63, 3.8) is 0 Å². The Hall–Kier alpha value is -2.47. The molecule has 0 atom stereocenters. The van der Waals surface area contributed by atoms with Gasteiger partial charge in [-0.3, -0.25) is 0 Å². The number of imidazole rings is 2. The lowest BCUT2D eigenvalue weighted by Gasteiger charge is -2.03. The zero-order valence-electron chi connectivity index (χ0n) is 15.1. The van der Waals surface area contributed by atoms with Gasteiger partial charge in [0.1, 0.15) is 0 Å². The van der Waals surface area contributed by atoms with Gasteiger partial charge in [0.05, 0.1) is 21.9 Å². The second kappa shape index (κ2) is 8.34. The highest BCUT2D eigenvalue weighted by molar-refractivity contribution is 9.10. The molecule has 4 heterocycles. The number of nitrogens with zero attached hydrogens (tertiary/aromatic N) is 6. The summed E-state index contributed by atoms with van der Waals surface area (Å²) < 4.78 is 2.96. The molecule has 156 valence electrons. The average Bonchev–Trinajstić information content (AvgIpc) is 3.29. The molecule has 30 heavy (non-hydrogen) atoms. The molecule has 0 saturated heterocycles. The maximum atomic E-state index is 10.8. The minimum absolute atomic E-state index is 0.0207. The fourth-order valence-corrected chi connectivity index (χ4v) is 3.51. The Labute approximate surface area is 191 Å². The second-order valence-corrected chi connectivity index (χ2v) is 7.71. The molecule has 0 aliphatic carbocycles. The van der Waals surface area contributed by atoms with Crippen molar-refractivity contribution < 1.29 is 19.8 Å². The van der Waals surface area contributed by atoms with Gasteiger partial charge in [-0.25, -0.2) is 28.6 Å². The summed E-state index contributed by atoms with van der Waals surface area (Å²) in [7, 11) is 0. The molecule has 4 aromatic rings. The number of hydrogen-bond donors (Lipinski definition) is 2. The molecule has 4 rings (SSSR count). The summed E-state index contributed by atoms with van der Waals surface area (Å²) >= 11 is 20.9.